The van der Waals surface area contributed by atoms with Crippen molar-refractivity contribution in [1.29, 1.82) is 5.26 Å². The molecule has 3 rings (SSSR count). The standard InChI is InChI=1S/C27H25Cl2F3N4O/c1-16(22(12-17-7-9-21(28)10-8-17)19-6-4-5-18(11-19)14-33)35-25(37)26(2,3)36-24-23(29)13-20(15-34-24)27(30,31)32/h4-11,13,15-16,22H,12H2,1-3H3,(H,34,36)(H,35,37)/t16-,22+/m0/s1. The Morgan fingerprint density at radius 2 is 1.78 bits per heavy atom. The van der Waals surface area contributed by atoms with Gasteiger partial charge in [0.2, 0.25) is 5.91 Å². The Morgan fingerprint density at radius 3 is 2.38 bits per heavy atom. The number of hydrogen-bond donors (Lipinski definition) is 2. The summed E-state index contributed by atoms with van der Waals surface area (Å²) in [5, 5.41) is 15.6. The van der Waals surface area contributed by atoms with Crippen molar-refractivity contribution in [2.45, 2.75) is 50.9 Å². The molecule has 5 nitrogen and oxygen atoms in total. The molecule has 3 aromatic rings. The summed E-state index contributed by atoms with van der Waals surface area (Å²) in [4.78, 5) is 17.1. The van der Waals surface area contributed by atoms with Crippen molar-refractivity contribution >= 4 is 34.9 Å². The van der Waals surface area contributed by atoms with E-state index in [1.807, 2.05) is 25.1 Å². The van der Waals surface area contributed by atoms with Crippen LogP contribution in [-0.2, 0) is 17.4 Å². The van der Waals surface area contributed by atoms with Crippen LogP contribution in [0.3, 0.4) is 0 Å². The van der Waals surface area contributed by atoms with Crippen molar-refractivity contribution in [3.05, 3.63) is 93.1 Å². The van der Waals surface area contributed by atoms with Crippen LogP contribution < -0.4 is 10.6 Å². The second-order valence-corrected chi connectivity index (χ2v) is 10.1. The second kappa shape index (κ2) is 11.4. The predicted molar refractivity (Wildman–Crippen MR) is 139 cm³/mol. The van der Waals surface area contributed by atoms with Crippen molar-refractivity contribution in [1.82, 2.24) is 10.3 Å². The SMILES string of the molecule is C[C@H](NC(=O)C(C)(C)Nc1ncc(C(F)(F)F)cc1Cl)[C@@H](Cc1ccc(Cl)cc1)c1cccc(C#N)c1. The molecular weight excluding hydrogens is 524 g/mol. The summed E-state index contributed by atoms with van der Waals surface area (Å²) in [6.45, 7) is 5.02. The quantitative estimate of drug-likeness (QED) is 0.317. The Balaban J connectivity index is 1.82. The number of nitrogens with zero attached hydrogens (tertiary/aromatic N) is 2. The Hall–Kier alpha value is -3.28. The van der Waals surface area contributed by atoms with Crippen LogP contribution in [0.15, 0.2) is 60.8 Å². The highest BCUT2D eigenvalue weighted by molar-refractivity contribution is 6.33. The number of hydrogen-bond acceptors (Lipinski definition) is 4. The highest BCUT2D eigenvalue weighted by atomic mass is 35.5. The van der Waals surface area contributed by atoms with E-state index in [1.54, 1.807) is 44.2 Å². The van der Waals surface area contributed by atoms with Gasteiger partial charge in [-0.05, 0) is 68.7 Å². The van der Waals surface area contributed by atoms with Crippen LogP contribution in [0.25, 0.3) is 0 Å². The third-order valence-corrected chi connectivity index (χ3v) is 6.48. The predicted octanol–water partition coefficient (Wildman–Crippen LogP) is 7.00. The molecule has 0 fully saturated rings. The molecule has 2 aromatic carbocycles. The number of carbonyl (C=O) groups is 1. The van der Waals surface area contributed by atoms with Gasteiger partial charge in [-0.1, -0.05) is 47.5 Å². The van der Waals surface area contributed by atoms with E-state index < -0.39 is 23.2 Å². The summed E-state index contributed by atoms with van der Waals surface area (Å²) in [7, 11) is 0. The number of pyridine rings is 1. The summed E-state index contributed by atoms with van der Waals surface area (Å²) in [5.41, 5.74) is 0.131. The number of amides is 1. The highest BCUT2D eigenvalue weighted by Crippen LogP contribution is 2.33. The van der Waals surface area contributed by atoms with E-state index in [2.05, 4.69) is 21.7 Å². The first-order valence-corrected chi connectivity index (χ1v) is 12.1. The Labute approximate surface area is 223 Å². The van der Waals surface area contributed by atoms with E-state index in [1.165, 1.54) is 0 Å². The number of nitriles is 1. The molecule has 0 radical (unpaired) electrons. The Morgan fingerprint density at radius 1 is 1.11 bits per heavy atom. The average molecular weight is 549 g/mol. The number of carbonyl (C=O) groups excluding carboxylic acids is 1. The number of alkyl halides is 3. The fourth-order valence-corrected chi connectivity index (χ4v) is 4.16. The number of benzene rings is 2. The van der Waals surface area contributed by atoms with E-state index in [-0.39, 0.29) is 22.8 Å². The van der Waals surface area contributed by atoms with Crippen molar-refractivity contribution in [3.8, 4) is 6.07 Å². The van der Waals surface area contributed by atoms with E-state index >= 15 is 0 Å². The van der Waals surface area contributed by atoms with Crippen LogP contribution >= 0.6 is 23.2 Å². The van der Waals surface area contributed by atoms with E-state index in [0.717, 1.165) is 17.2 Å². The monoisotopic (exact) mass is 548 g/mol. The number of anilines is 1. The number of rotatable bonds is 8. The highest BCUT2D eigenvalue weighted by Gasteiger charge is 2.34. The van der Waals surface area contributed by atoms with Gasteiger partial charge in [-0.15, -0.1) is 0 Å². The minimum Gasteiger partial charge on any atom is -0.355 e. The summed E-state index contributed by atoms with van der Waals surface area (Å²) in [5.74, 6) is -0.640. The van der Waals surface area contributed by atoms with Crippen LogP contribution in [0.1, 0.15) is 48.9 Å². The van der Waals surface area contributed by atoms with Gasteiger partial charge in [-0.3, -0.25) is 4.79 Å². The minimum absolute atomic E-state index is 0.0399. The van der Waals surface area contributed by atoms with Gasteiger partial charge in [0.15, 0.2) is 0 Å². The lowest BCUT2D eigenvalue weighted by Gasteiger charge is -2.31. The summed E-state index contributed by atoms with van der Waals surface area (Å²) in [6, 6.07) is 17.1. The van der Waals surface area contributed by atoms with Crippen molar-refractivity contribution in [3.63, 3.8) is 0 Å². The first kappa shape index (κ1) is 28.3. The van der Waals surface area contributed by atoms with Crippen LogP contribution in [0, 0.1) is 11.3 Å². The molecule has 0 aliphatic heterocycles. The Bertz CT molecular complexity index is 1300. The molecule has 0 aliphatic rings. The average Bonchev–Trinajstić information content (AvgIpc) is 2.84. The van der Waals surface area contributed by atoms with Gasteiger partial charge < -0.3 is 10.6 Å². The maximum atomic E-state index is 13.3. The topological polar surface area (TPSA) is 77.8 Å². The molecule has 0 saturated heterocycles. The van der Waals surface area contributed by atoms with Crippen molar-refractivity contribution < 1.29 is 18.0 Å². The maximum Gasteiger partial charge on any atom is 0.417 e. The van der Waals surface area contributed by atoms with Crippen molar-refractivity contribution in [2.24, 2.45) is 0 Å². The number of halogens is 5. The fourth-order valence-electron chi connectivity index (χ4n) is 3.82. The molecule has 0 saturated carbocycles. The molecule has 1 amide bonds. The maximum absolute atomic E-state index is 13.3. The van der Waals surface area contributed by atoms with Gasteiger partial charge in [-0.2, -0.15) is 18.4 Å². The van der Waals surface area contributed by atoms with Crippen LogP contribution in [0.2, 0.25) is 10.0 Å². The lowest BCUT2D eigenvalue weighted by atomic mass is 9.85. The normalized spacial score (nSPS) is 13.4. The second-order valence-electron chi connectivity index (χ2n) is 9.24. The lowest BCUT2D eigenvalue weighted by Crippen LogP contribution is -2.52. The first-order valence-electron chi connectivity index (χ1n) is 11.4. The molecule has 0 unspecified atom stereocenters. The summed E-state index contributed by atoms with van der Waals surface area (Å²) < 4.78 is 38.8. The molecule has 2 N–H and O–H groups in total. The van der Waals surface area contributed by atoms with E-state index in [0.29, 0.717) is 23.2 Å². The first-order chi connectivity index (χ1) is 17.3. The van der Waals surface area contributed by atoms with Gasteiger partial charge in [0.05, 0.1) is 22.2 Å². The molecule has 1 aromatic heterocycles. The van der Waals surface area contributed by atoms with Gasteiger partial charge >= 0.3 is 6.18 Å². The molecule has 0 spiro atoms. The van der Waals surface area contributed by atoms with E-state index in [4.69, 9.17) is 23.2 Å². The molecule has 194 valence electrons. The minimum atomic E-state index is -4.58. The summed E-state index contributed by atoms with van der Waals surface area (Å²) >= 11 is 12.0. The van der Waals surface area contributed by atoms with Crippen LogP contribution in [-0.4, -0.2) is 22.5 Å². The van der Waals surface area contributed by atoms with Crippen LogP contribution in [0.5, 0.6) is 0 Å². The van der Waals surface area contributed by atoms with Gasteiger partial charge in [0.1, 0.15) is 11.4 Å². The smallest absolute Gasteiger partial charge is 0.355 e. The molecule has 1 heterocycles. The molecular formula is C27H25Cl2F3N4O. The number of aromatic nitrogens is 1. The van der Waals surface area contributed by atoms with Crippen molar-refractivity contribution in [2.75, 3.05) is 5.32 Å². The fraction of sp³-hybridized carbons (Fsp3) is 0.296. The zero-order valence-electron chi connectivity index (χ0n) is 20.3. The molecule has 2 atom stereocenters. The zero-order valence-corrected chi connectivity index (χ0v) is 21.8. The number of nitrogens with one attached hydrogen (secondary N) is 2. The Kier molecular flexibility index (Phi) is 8.72. The van der Waals surface area contributed by atoms with Gasteiger partial charge in [0.25, 0.3) is 0 Å². The summed E-state index contributed by atoms with van der Waals surface area (Å²) in [6.07, 6.45) is -3.36. The molecule has 37 heavy (non-hydrogen) atoms. The lowest BCUT2D eigenvalue weighted by molar-refractivity contribution is -0.137. The molecule has 0 aliphatic carbocycles. The third-order valence-electron chi connectivity index (χ3n) is 5.94. The zero-order chi connectivity index (χ0) is 27.4. The third kappa shape index (κ3) is 7.37. The molecule has 0 bridgehead atoms. The molecule has 10 heteroatoms. The van der Waals surface area contributed by atoms with Gasteiger partial charge in [-0.25, -0.2) is 4.98 Å². The van der Waals surface area contributed by atoms with Crippen LogP contribution in [0.4, 0.5) is 19.0 Å². The largest absolute Gasteiger partial charge is 0.417 e. The van der Waals surface area contributed by atoms with Gasteiger partial charge in [0, 0.05) is 23.2 Å². The van der Waals surface area contributed by atoms with E-state index in [9.17, 15) is 23.2 Å².